The van der Waals surface area contributed by atoms with Gasteiger partial charge in [0.1, 0.15) is 5.82 Å². The number of nitrogens with zero attached hydrogens (tertiary/aromatic N) is 1. The lowest BCUT2D eigenvalue weighted by Crippen LogP contribution is -2.15. The van der Waals surface area contributed by atoms with E-state index in [-0.39, 0.29) is 11.1 Å². The van der Waals surface area contributed by atoms with Crippen LogP contribution in [0.5, 0.6) is 0 Å². The molecule has 0 aliphatic rings. The average Bonchev–Trinajstić information content (AvgIpc) is 2.46. The van der Waals surface area contributed by atoms with Gasteiger partial charge in [0.25, 0.3) is 5.91 Å². The van der Waals surface area contributed by atoms with E-state index in [1.54, 1.807) is 25.3 Å². The minimum Gasteiger partial charge on any atom is -0.417 e. The van der Waals surface area contributed by atoms with Gasteiger partial charge in [0, 0.05) is 17.6 Å². The maximum absolute atomic E-state index is 13.3. The van der Waals surface area contributed by atoms with Crippen LogP contribution >= 0.6 is 0 Å². The molecule has 1 amide bonds. The maximum Gasteiger partial charge on any atom is 0.344 e. The number of carbonyl (C=O) groups excluding carboxylic acids is 1. The van der Waals surface area contributed by atoms with Crippen molar-refractivity contribution in [2.24, 2.45) is 0 Å². The molecule has 0 saturated carbocycles. The van der Waals surface area contributed by atoms with Gasteiger partial charge in [0.05, 0.1) is 5.39 Å². The predicted molar refractivity (Wildman–Crippen MR) is 79.4 cm³/mol. The lowest BCUT2D eigenvalue weighted by Gasteiger charge is -2.05. The summed E-state index contributed by atoms with van der Waals surface area (Å²) in [5.41, 5.74) is 0.577. The summed E-state index contributed by atoms with van der Waals surface area (Å²) in [4.78, 5) is 28.0. The minimum atomic E-state index is -0.687. The molecule has 1 aromatic carbocycles. The normalized spacial score (nSPS) is 10.6. The molecule has 0 spiro atoms. The van der Waals surface area contributed by atoms with Gasteiger partial charge < -0.3 is 9.73 Å². The largest absolute Gasteiger partial charge is 0.417 e. The van der Waals surface area contributed by atoms with Crippen LogP contribution in [0, 0.1) is 12.7 Å². The van der Waals surface area contributed by atoms with Gasteiger partial charge in [-0.2, -0.15) is 0 Å². The first-order valence-electron chi connectivity index (χ1n) is 6.50. The molecule has 22 heavy (non-hydrogen) atoms. The first kappa shape index (κ1) is 13.9. The SMILES string of the molecule is Cc1cc(NC(=O)c2cc3cc(F)ccc3c(=O)o2)ccn1. The number of halogens is 1. The van der Waals surface area contributed by atoms with Crippen LogP contribution < -0.4 is 10.9 Å². The zero-order valence-corrected chi connectivity index (χ0v) is 11.6. The number of fused-ring (bicyclic) bond motifs is 1. The Balaban J connectivity index is 1.99. The molecule has 3 rings (SSSR count). The molecule has 2 aromatic heterocycles. The van der Waals surface area contributed by atoms with Crippen LogP contribution in [0.4, 0.5) is 10.1 Å². The van der Waals surface area contributed by atoms with Crippen molar-refractivity contribution in [3.63, 3.8) is 0 Å². The van der Waals surface area contributed by atoms with Gasteiger partial charge in [-0.25, -0.2) is 9.18 Å². The summed E-state index contributed by atoms with van der Waals surface area (Å²) in [6.07, 6.45) is 1.55. The number of aromatic nitrogens is 1. The number of hydrogen-bond acceptors (Lipinski definition) is 4. The first-order chi connectivity index (χ1) is 10.5. The van der Waals surface area contributed by atoms with Crippen molar-refractivity contribution in [2.75, 3.05) is 5.32 Å². The number of anilines is 1. The van der Waals surface area contributed by atoms with Gasteiger partial charge in [-0.1, -0.05) is 0 Å². The van der Waals surface area contributed by atoms with E-state index in [0.29, 0.717) is 11.1 Å². The van der Waals surface area contributed by atoms with Gasteiger partial charge in [0.15, 0.2) is 5.76 Å². The van der Waals surface area contributed by atoms with Crippen molar-refractivity contribution in [1.82, 2.24) is 4.98 Å². The van der Waals surface area contributed by atoms with Crippen molar-refractivity contribution in [2.45, 2.75) is 6.92 Å². The van der Waals surface area contributed by atoms with Crippen molar-refractivity contribution in [3.05, 3.63) is 70.3 Å². The Kier molecular flexibility index (Phi) is 3.42. The fraction of sp³-hybridized carbons (Fsp3) is 0.0625. The molecule has 0 aliphatic heterocycles. The number of carbonyl (C=O) groups is 1. The lowest BCUT2D eigenvalue weighted by atomic mass is 10.1. The topological polar surface area (TPSA) is 72.2 Å². The molecule has 0 bridgehead atoms. The van der Waals surface area contributed by atoms with Crippen LogP contribution in [0.2, 0.25) is 0 Å². The molecule has 1 N–H and O–H groups in total. The average molecular weight is 298 g/mol. The second-order valence-electron chi connectivity index (χ2n) is 4.77. The van der Waals surface area contributed by atoms with Crippen LogP contribution in [0.25, 0.3) is 10.8 Å². The highest BCUT2D eigenvalue weighted by molar-refractivity contribution is 6.03. The standard InChI is InChI=1S/C16H11FN2O3/c1-9-6-12(4-5-18-9)19-15(20)14-8-10-7-11(17)2-3-13(10)16(21)22-14/h2-8H,1H3,(H,18,19,20). The highest BCUT2D eigenvalue weighted by atomic mass is 19.1. The van der Waals surface area contributed by atoms with Crippen LogP contribution in [0.3, 0.4) is 0 Å². The van der Waals surface area contributed by atoms with Crippen molar-refractivity contribution >= 4 is 22.4 Å². The van der Waals surface area contributed by atoms with E-state index in [1.807, 2.05) is 0 Å². The maximum atomic E-state index is 13.3. The minimum absolute atomic E-state index is 0.183. The van der Waals surface area contributed by atoms with Crippen molar-refractivity contribution in [3.8, 4) is 0 Å². The van der Waals surface area contributed by atoms with Crippen molar-refractivity contribution < 1.29 is 13.6 Å². The van der Waals surface area contributed by atoms with E-state index in [4.69, 9.17) is 4.42 Å². The highest BCUT2D eigenvalue weighted by Gasteiger charge is 2.13. The molecule has 0 saturated heterocycles. The van der Waals surface area contributed by atoms with Crippen LogP contribution in [-0.4, -0.2) is 10.9 Å². The molecular formula is C16H11FN2O3. The number of rotatable bonds is 2. The van der Waals surface area contributed by atoms with E-state index >= 15 is 0 Å². The Morgan fingerprint density at radius 2 is 2.05 bits per heavy atom. The van der Waals surface area contributed by atoms with Gasteiger partial charge in [0.2, 0.25) is 0 Å². The smallest absolute Gasteiger partial charge is 0.344 e. The zero-order chi connectivity index (χ0) is 15.7. The molecule has 5 nitrogen and oxygen atoms in total. The number of hydrogen-bond donors (Lipinski definition) is 1. The fourth-order valence-electron chi connectivity index (χ4n) is 2.09. The number of amides is 1. The second kappa shape index (κ2) is 5.40. The molecule has 0 atom stereocenters. The summed E-state index contributed by atoms with van der Waals surface area (Å²) in [7, 11) is 0. The summed E-state index contributed by atoms with van der Waals surface area (Å²) in [5, 5.41) is 3.13. The molecule has 0 radical (unpaired) electrons. The molecule has 0 unspecified atom stereocenters. The predicted octanol–water partition coefficient (Wildman–Crippen LogP) is 2.89. The Morgan fingerprint density at radius 3 is 2.82 bits per heavy atom. The van der Waals surface area contributed by atoms with E-state index in [2.05, 4.69) is 10.3 Å². The molecule has 110 valence electrons. The number of nitrogens with one attached hydrogen (secondary N) is 1. The molecule has 0 fully saturated rings. The Morgan fingerprint density at radius 1 is 1.23 bits per heavy atom. The molecule has 3 aromatic rings. The lowest BCUT2D eigenvalue weighted by molar-refractivity contribution is 0.0993. The number of pyridine rings is 1. The van der Waals surface area contributed by atoms with E-state index < -0.39 is 17.3 Å². The van der Waals surface area contributed by atoms with Gasteiger partial charge in [-0.15, -0.1) is 0 Å². The van der Waals surface area contributed by atoms with E-state index in [9.17, 15) is 14.0 Å². The fourth-order valence-corrected chi connectivity index (χ4v) is 2.09. The molecular weight excluding hydrogens is 287 g/mol. The Labute approximate surface area is 124 Å². The highest BCUT2D eigenvalue weighted by Crippen LogP contribution is 2.15. The third-order valence-corrected chi connectivity index (χ3v) is 3.10. The van der Waals surface area contributed by atoms with E-state index in [1.165, 1.54) is 24.3 Å². The monoisotopic (exact) mass is 298 g/mol. The number of benzene rings is 1. The quantitative estimate of drug-likeness (QED) is 0.789. The molecule has 6 heteroatoms. The van der Waals surface area contributed by atoms with Crippen molar-refractivity contribution in [1.29, 1.82) is 0 Å². The first-order valence-corrected chi connectivity index (χ1v) is 6.50. The van der Waals surface area contributed by atoms with E-state index in [0.717, 1.165) is 5.69 Å². The van der Waals surface area contributed by atoms with Crippen LogP contribution in [-0.2, 0) is 0 Å². The van der Waals surface area contributed by atoms with Crippen LogP contribution in [0.1, 0.15) is 16.2 Å². The van der Waals surface area contributed by atoms with Crippen LogP contribution in [0.15, 0.2) is 51.8 Å². The van der Waals surface area contributed by atoms with Gasteiger partial charge in [-0.3, -0.25) is 9.78 Å². The molecule has 2 heterocycles. The summed E-state index contributed by atoms with van der Waals surface area (Å²) in [5.74, 6) is -1.26. The third kappa shape index (κ3) is 2.71. The Hall–Kier alpha value is -3.02. The summed E-state index contributed by atoms with van der Waals surface area (Å²) in [6.45, 7) is 1.79. The number of aryl methyl sites for hydroxylation is 1. The zero-order valence-electron chi connectivity index (χ0n) is 11.6. The molecule has 0 aliphatic carbocycles. The second-order valence-corrected chi connectivity index (χ2v) is 4.77. The summed E-state index contributed by atoms with van der Waals surface area (Å²) >= 11 is 0. The van der Waals surface area contributed by atoms with Gasteiger partial charge >= 0.3 is 5.63 Å². The van der Waals surface area contributed by atoms with Gasteiger partial charge in [-0.05, 0) is 48.7 Å². The Bertz CT molecular complexity index is 934. The third-order valence-electron chi connectivity index (χ3n) is 3.10. The summed E-state index contributed by atoms with van der Waals surface area (Å²) in [6, 6.07) is 8.30. The summed E-state index contributed by atoms with van der Waals surface area (Å²) < 4.78 is 18.2.